The van der Waals surface area contributed by atoms with Gasteiger partial charge in [-0.2, -0.15) is 0 Å². The molecule has 1 nitrogen and oxygen atoms in total. The van der Waals surface area contributed by atoms with Crippen LogP contribution in [0.4, 0.5) is 0 Å². The first-order chi connectivity index (χ1) is 6.56. The normalized spacial score (nSPS) is 12.6. The summed E-state index contributed by atoms with van der Waals surface area (Å²) in [5.41, 5.74) is 2.92. The highest BCUT2D eigenvalue weighted by Gasteiger charge is 2.08. The summed E-state index contributed by atoms with van der Waals surface area (Å²) in [6, 6.07) is 3.84. The summed E-state index contributed by atoms with van der Waals surface area (Å²) in [5, 5.41) is 10.5. The molecule has 0 aromatic heterocycles. The van der Waals surface area contributed by atoms with Gasteiger partial charge in [-0.05, 0) is 37.0 Å². The molecule has 0 radical (unpaired) electrons. The monoisotopic (exact) mass is 210 g/mol. The minimum Gasteiger partial charge on any atom is -0.388 e. The van der Waals surface area contributed by atoms with Crippen LogP contribution in [0.1, 0.15) is 29.2 Å². The van der Waals surface area contributed by atoms with Gasteiger partial charge in [0.1, 0.15) is 0 Å². The van der Waals surface area contributed by atoms with Crippen molar-refractivity contribution < 1.29 is 5.11 Å². The first kappa shape index (κ1) is 11.3. The Balaban J connectivity index is 3.05. The predicted octanol–water partition coefficient (Wildman–Crippen LogP) is 3.57. The Morgan fingerprint density at radius 3 is 2.36 bits per heavy atom. The van der Waals surface area contributed by atoms with Gasteiger partial charge in [-0.1, -0.05) is 29.8 Å². The molecule has 2 heteroatoms. The third-order valence-corrected chi connectivity index (χ3v) is 2.83. The van der Waals surface area contributed by atoms with Crippen LogP contribution in [0.5, 0.6) is 0 Å². The lowest BCUT2D eigenvalue weighted by atomic mass is 10.0. The molecular weight excluding hydrogens is 196 g/mol. The fraction of sp³-hybridized carbons (Fsp3) is 0.333. The summed E-state index contributed by atoms with van der Waals surface area (Å²) in [7, 11) is 0. The molecule has 1 unspecified atom stereocenters. The van der Waals surface area contributed by atoms with Crippen molar-refractivity contribution in [2.45, 2.75) is 26.4 Å². The first-order valence-electron chi connectivity index (χ1n) is 4.62. The van der Waals surface area contributed by atoms with E-state index in [0.29, 0.717) is 6.42 Å². The Morgan fingerprint density at radius 1 is 1.43 bits per heavy atom. The number of hydrogen-bond acceptors (Lipinski definition) is 1. The van der Waals surface area contributed by atoms with E-state index in [1.165, 1.54) is 0 Å². The first-order valence-corrected chi connectivity index (χ1v) is 4.99. The van der Waals surface area contributed by atoms with Crippen molar-refractivity contribution in [3.63, 3.8) is 0 Å². The Morgan fingerprint density at radius 2 is 1.93 bits per heavy atom. The lowest BCUT2D eigenvalue weighted by Gasteiger charge is -2.12. The van der Waals surface area contributed by atoms with Gasteiger partial charge in [-0.25, -0.2) is 0 Å². The summed E-state index contributed by atoms with van der Waals surface area (Å²) in [6.07, 6.45) is 1.81. The van der Waals surface area contributed by atoms with Crippen molar-refractivity contribution in [1.29, 1.82) is 0 Å². The minimum atomic E-state index is -0.470. The van der Waals surface area contributed by atoms with Crippen molar-refractivity contribution in [2.24, 2.45) is 0 Å². The van der Waals surface area contributed by atoms with Gasteiger partial charge in [0.25, 0.3) is 0 Å². The maximum atomic E-state index is 9.75. The molecule has 1 atom stereocenters. The molecule has 0 heterocycles. The Bertz CT molecular complexity index is 321. The van der Waals surface area contributed by atoms with Gasteiger partial charge in [-0.15, -0.1) is 6.58 Å². The number of rotatable bonds is 3. The molecule has 0 bridgehead atoms. The molecular formula is C12H15ClO. The second-order valence-electron chi connectivity index (χ2n) is 3.51. The number of aliphatic hydroxyl groups excluding tert-OH is 1. The Labute approximate surface area is 90.0 Å². The van der Waals surface area contributed by atoms with E-state index in [2.05, 4.69) is 6.58 Å². The van der Waals surface area contributed by atoms with Gasteiger partial charge >= 0.3 is 0 Å². The average Bonchev–Trinajstić information content (AvgIpc) is 2.13. The van der Waals surface area contributed by atoms with Crippen LogP contribution >= 0.6 is 11.6 Å². The van der Waals surface area contributed by atoms with Crippen molar-refractivity contribution in [3.8, 4) is 0 Å². The number of hydrogen-bond donors (Lipinski definition) is 1. The van der Waals surface area contributed by atoms with E-state index in [9.17, 15) is 5.11 Å². The molecule has 0 saturated carbocycles. The van der Waals surface area contributed by atoms with Gasteiger partial charge in [0.05, 0.1) is 6.10 Å². The van der Waals surface area contributed by atoms with Gasteiger partial charge in [-0.3, -0.25) is 0 Å². The number of benzene rings is 1. The third-order valence-electron chi connectivity index (χ3n) is 2.23. The summed E-state index contributed by atoms with van der Waals surface area (Å²) < 4.78 is 0. The molecule has 0 amide bonds. The molecule has 1 aromatic rings. The Hall–Kier alpha value is -0.790. The molecule has 0 aliphatic rings. The van der Waals surface area contributed by atoms with Gasteiger partial charge in [0.15, 0.2) is 0 Å². The molecule has 1 rings (SSSR count). The van der Waals surface area contributed by atoms with Crippen LogP contribution in [-0.4, -0.2) is 5.11 Å². The fourth-order valence-electron chi connectivity index (χ4n) is 1.47. The lowest BCUT2D eigenvalue weighted by molar-refractivity contribution is 0.181. The van der Waals surface area contributed by atoms with Gasteiger partial charge in [0.2, 0.25) is 0 Å². The SMILES string of the molecule is C=CCC(O)c1cc(C)c(Cl)c(C)c1. The quantitative estimate of drug-likeness (QED) is 0.757. The highest BCUT2D eigenvalue weighted by molar-refractivity contribution is 6.32. The molecule has 76 valence electrons. The van der Waals surface area contributed by atoms with E-state index in [0.717, 1.165) is 21.7 Å². The largest absolute Gasteiger partial charge is 0.388 e. The van der Waals surface area contributed by atoms with E-state index in [1.54, 1.807) is 6.08 Å². The molecule has 0 spiro atoms. The molecule has 1 N–H and O–H groups in total. The van der Waals surface area contributed by atoms with Crippen LogP contribution in [0.2, 0.25) is 5.02 Å². The minimum absolute atomic E-state index is 0.470. The van der Waals surface area contributed by atoms with Crippen LogP contribution in [0, 0.1) is 13.8 Å². The van der Waals surface area contributed by atoms with E-state index in [1.807, 2.05) is 26.0 Å². The highest BCUT2D eigenvalue weighted by Crippen LogP contribution is 2.26. The van der Waals surface area contributed by atoms with E-state index in [-0.39, 0.29) is 0 Å². The maximum absolute atomic E-state index is 9.75. The molecule has 14 heavy (non-hydrogen) atoms. The number of aryl methyl sites for hydroxylation is 2. The highest BCUT2D eigenvalue weighted by atomic mass is 35.5. The summed E-state index contributed by atoms with van der Waals surface area (Å²) in [5.74, 6) is 0. The van der Waals surface area contributed by atoms with Crippen molar-refractivity contribution in [3.05, 3.63) is 46.5 Å². The standard InChI is InChI=1S/C12H15ClO/c1-4-5-11(14)10-6-8(2)12(13)9(3)7-10/h4,6-7,11,14H,1,5H2,2-3H3. The van der Waals surface area contributed by atoms with E-state index in [4.69, 9.17) is 11.6 Å². The Kier molecular flexibility index (Phi) is 3.73. The molecule has 1 aromatic carbocycles. The van der Waals surface area contributed by atoms with Crippen LogP contribution in [0.3, 0.4) is 0 Å². The third kappa shape index (κ3) is 2.37. The zero-order valence-electron chi connectivity index (χ0n) is 8.55. The summed E-state index contributed by atoms with van der Waals surface area (Å²) in [6.45, 7) is 7.49. The van der Waals surface area contributed by atoms with E-state index >= 15 is 0 Å². The molecule has 0 aliphatic carbocycles. The molecule has 0 aliphatic heterocycles. The van der Waals surface area contributed by atoms with Crippen LogP contribution < -0.4 is 0 Å². The van der Waals surface area contributed by atoms with Crippen LogP contribution in [0.15, 0.2) is 24.8 Å². The van der Waals surface area contributed by atoms with Gasteiger partial charge in [0, 0.05) is 5.02 Å². The number of aliphatic hydroxyl groups is 1. The second-order valence-corrected chi connectivity index (χ2v) is 3.89. The van der Waals surface area contributed by atoms with Gasteiger partial charge < -0.3 is 5.11 Å². The predicted molar refractivity (Wildman–Crippen MR) is 60.7 cm³/mol. The summed E-state index contributed by atoms with van der Waals surface area (Å²) >= 11 is 6.03. The zero-order valence-corrected chi connectivity index (χ0v) is 9.30. The number of halogens is 1. The average molecular weight is 211 g/mol. The maximum Gasteiger partial charge on any atom is 0.0824 e. The zero-order chi connectivity index (χ0) is 10.7. The smallest absolute Gasteiger partial charge is 0.0824 e. The van der Waals surface area contributed by atoms with Crippen molar-refractivity contribution in [2.75, 3.05) is 0 Å². The molecule has 0 fully saturated rings. The van der Waals surface area contributed by atoms with Crippen molar-refractivity contribution >= 4 is 11.6 Å². The molecule has 0 saturated heterocycles. The second kappa shape index (κ2) is 4.63. The van der Waals surface area contributed by atoms with Crippen LogP contribution in [-0.2, 0) is 0 Å². The topological polar surface area (TPSA) is 20.2 Å². The fourth-order valence-corrected chi connectivity index (χ4v) is 1.57. The van der Waals surface area contributed by atoms with Crippen molar-refractivity contribution in [1.82, 2.24) is 0 Å². The summed E-state index contributed by atoms with van der Waals surface area (Å²) in [4.78, 5) is 0. The lowest BCUT2D eigenvalue weighted by Crippen LogP contribution is -1.97. The van der Waals surface area contributed by atoms with Crippen LogP contribution in [0.25, 0.3) is 0 Å². The van der Waals surface area contributed by atoms with E-state index < -0.39 is 6.10 Å².